The van der Waals surface area contributed by atoms with Crippen molar-refractivity contribution in [1.29, 1.82) is 0 Å². The average Bonchev–Trinajstić information content (AvgIpc) is 2.28. The minimum Gasteiger partial charge on any atom is -0.356 e. The van der Waals surface area contributed by atoms with Crippen molar-refractivity contribution in [2.24, 2.45) is 5.92 Å². The Morgan fingerprint density at radius 3 is 2.82 bits per heavy atom. The number of carbonyl (C=O) groups excluding carboxylic acids is 1. The Balaban J connectivity index is 0. The second-order valence-corrected chi connectivity index (χ2v) is 4.20. The van der Waals surface area contributed by atoms with E-state index in [0.717, 1.165) is 32.5 Å². The van der Waals surface area contributed by atoms with Gasteiger partial charge < -0.3 is 10.6 Å². The lowest BCUT2D eigenvalue weighted by atomic mass is 10.00. The van der Waals surface area contributed by atoms with Gasteiger partial charge in [-0.3, -0.25) is 4.79 Å². The fraction of sp³-hybridized carbons (Fsp3) is 0.750. The zero-order valence-electron chi connectivity index (χ0n) is 10.2. The smallest absolute Gasteiger partial charge is 0.220 e. The van der Waals surface area contributed by atoms with E-state index in [1.54, 1.807) is 0 Å². The molecular weight excluding hydrogens is 259 g/mol. The number of hydrogen-bond acceptors (Lipinski definition) is 2. The fourth-order valence-electron chi connectivity index (χ4n) is 1.85. The van der Waals surface area contributed by atoms with Crippen LogP contribution >= 0.6 is 24.8 Å². The molecule has 17 heavy (non-hydrogen) atoms. The van der Waals surface area contributed by atoms with Gasteiger partial charge in [-0.1, -0.05) is 6.08 Å². The van der Waals surface area contributed by atoms with Crippen LogP contribution in [0.4, 0.5) is 0 Å². The van der Waals surface area contributed by atoms with Crippen LogP contribution in [0, 0.1) is 5.92 Å². The second-order valence-electron chi connectivity index (χ2n) is 4.20. The highest BCUT2D eigenvalue weighted by Gasteiger charge is 2.13. The molecule has 102 valence electrons. The van der Waals surface area contributed by atoms with E-state index in [2.05, 4.69) is 17.2 Å². The van der Waals surface area contributed by atoms with E-state index in [1.807, 2.05) is 6.08 Å². The summed E-state index contributed by atoms with van der Waals surface area (Å²) in [7, 11) is 0. The largest absolute Gasteiger partial charge is 0.356 e. The van der Waals surface area contributed by atoms with E-state index in [9.17, 15) is 4.79 Å². The predicted molar refractivity (Wildman–Crippen MR) is 77.1 cm³/mol. The van der Waals surface area contributed by atoms with Crippen molar-refractivity contribution >= 4 is 30.7 Å². The summed E-state index contributed by atoms with van der Waals surface area (Å²) in [5.41, 5.74) is 0. The zero-order valence-corrected chi connectivity index (χ0v) is 11.9. The monoisotopic (exact) mass is 282 g/mol. The third kappa shape index (κ3) is 9.45. The molecule has 1 unspecified atom stereocenters. The van der Waals surface area contributed by atoms with Crippen molar-refractivity contribution in [2.45, 2.75) is 32.1 Å². The Labute approximate surface area is 117 Å². The molecule has 0 saturated carbocycles. The van der Waals surface area contributed by atoms with E-state index < -0.39 is 0 Å². The summed E-state index contributed by atoms with van der Waals surface area (Å²) < 4.78 is 0. The first kappa shape index (κ1) is 19.1. The van der Waals surface area contributed by atoms with Crippen molar-refractivity contribution in [3.8, 4) is 0 Å². The number of amides is 1. The van der Waals surface area contributed by atoms with Gasteiger partial charge in [-0.15, -0.1) is 31.4 Å². The van der Waals surface area contributed by atoms with Crippen LogP contribution in [0.15, 0.2) is 12.7 Å². The highest BCUT2D eigenvalue weighted by Crippen LogP contribution is 2.08. The number of piperidine rings is 1. The molecule has 1 heterocycles. The van der Waals surface area contributed by atoms with Gasteiger partial charge in [0.05, 0.1) is 0 Å². The molecule has 0 radical (unpaired) electrons. The molecule has 0 aromatic carbocycles. The van der Waals surface area contributed by atoms with Crippen LogP contribution < -0.4 is 10.6 Å². The highest BCUT2D eigenvalue weighted by molar-refractivity contribution is 5.85. The Morgan fingerprint density at radius 1 is 1.47 bits per heavy atom. The zero-order chi connectivity index (χ0) is 10.9. The van der Waals surface area contributed by atoms with E-state index in [4.69, 9.17) is 0 Å². The summed E-state index contributed by atoms with van der Waals surface area (Å²) >= 11 is 0. The van der Waals surface area contributed by atoms with Gasteiger partial charge in [-0.2, -0.15) is 0 Å². The van der Waals surface area contributed by atoms with E-state index in [1.165, 1.54) is 12.8 Å². The first-order valence-corrected chi connectivity index (χ1v) is 5.91. The van der Waals surface area contributed by atoms with Gasteiger partial charge in [0, 0.05) is 13.0 Å². The molecule has 1 rings (SSSR count). The molecule has 1 aliphatic rings. The number of hydrogen-bond donors (Lipinski definition) is 2. The van der Waals surface area contributed by atoms with Crippen molar-refractivity contribution in [3.63, 3.8) is 0 Å². The first-order valence-electron chi connectivity index (χ1n) is 5.91. The molecule has 3 nitrogen and oxygen atoms in total. The number of unbranched alkanes of at least 4 members (excludes halogenated alkanes) is 1. The third-order valence-electron chi connectivity index (χ3n) is 2.80. The van der Waals surface area contributed by atoms with E-state index in [0.29, 0.717) is 12.3 Å². The Kier molecular flexibility index (Phi) is 13.7. The maximum atomic E-state index is 11.4. The molecule has 0 aromatic heterocycles. The summed E-state index contributed by atoms with van der Waals surface area (Å²) in [6.07, 6.45) is 6.80. The number of rotatable bonds is 6. The minimum absolute atomic E-state index is 0. The molecule has 1 fully saturated rings. The lowest BCUT2D eigenvalue weighted by Gasteiger charge is -2.22. The normalized spacial score (nSPS) is 18.5. The lowest BCUT2D eigenvalue weighted by molar-refractivity contribution is -0.121. The maximum absolute atomic E-state index is 11.4. The van der Waals surface area contributed by atoms with Crippen molar-refractivity contribution in [1.82, 2.24) is 10.6 Å². The maximum Gasteiger partial charge on any atom is 0.220 e. The summed E-state index contributed by atoms with van der Waals surface area (Å²) in [4.78, 5) is 11.4. The van der Waals surface area contributed by atoms with Crippen LogP contribution in [-0.4, -0.2) is 25.5 Å². The quantitative estimate of drug-likeness (QED) is 0.580. The SMILES string of the molecule is C=CCCCC(=O)NCC1CCCNC1.Cl.Cl. The van der Waals surface area contributed by atoms with Gasteiger partial charge in [-0.05, 0) is 44.7 Å². The Hall–Kier alpha value is -0.250. The molecule has 0 bridgehead atoms. The van der Waals surface area contributed by atoms with Crippen molar-refractivity contribution < 1.29 is 4.79 Å². The second kappa shape index (κ2) is 12.2. The fourth-order valence-corrected chi connectivity index (χ4v) is 1.85. The highest BCUT2D eigenvalue weighted by atomic mass is 35.5. The molecule has 1 atom stereocenters. The number of halogens is 2. The molecule has 1 amide bonds. The van der Waals surface area contributed by atoms with Crippen molar-refractivity contribution in [3.05, 3.63) is 12.7 Å². The molecule has 0 aromatic rings. The number of carbonyl (C=O) groups is 1. The third-order valence-corrected chi connectivity index (χ3v) is 2.80. The molecule has 1 saturated heterocycles. The van der Waals surface area contributed by atoms with Gasteiger partial charge >= 0.3 is 0 Å². The van der Waals surface area contributed by atoms with Gasteiger partial charge in [-0.25, -0.2) is 0 Å². The van der Waals surface area contributed by atoms with E-state index >= 15 is 0 Å². The van der Waals surface area contributed by atoms with Crippen molar-refractivity contribution in [2.75, 3.05) is 19.6 Å². The summed E-state index contributed by atoms with van der Waals surface area (Å²) in [5, 5.41) is 6.34. The van der Waals surface area contributed by atoms with Crippen LogP contribution in [0.2, 0.25) is 0 Å². The van der Waals surface area contributed by atoms with Gasteiger partial charge in [0.25, 0.3) is 0 Å². The van der Waals surface area contributed by atoms with Crippen LogP contribution in [0.3, 0.4) is 0 Å². The van der Waals surface area contributed by atoms with E-state index in [-0.39, 0.29) is 30.7 Å². The van der Waals surface area contributed by atoms with Gasteiger partial charge in [0.15, 0.2) is 0 Å². The molecular formula is C12H24Cl2N2O. The molecule has 0 aliphatic carbocycles. The molecule has 0 spiro atoms. The van der Waals surface area contributed by atoms with Crippen LogP contribution in [0.25, 0.3) is 0 Å². The van der Waals surface area contributed by atoms with Gasteiger partial charge in [0.1, 0.15) is 0 Å². The standard InChI is InChI=1S/C12H22N2O.2ClH/c1-2-3-4-7-12(15)14-10-11-6-5-8-13-9-11;;/h2,11,13H,1,3-10H2,(H,14,15);2*1H. The Morgan fingerprint density at radius 2 is 2.24 bits per heavy atom. The summed E-state index contributed by atoms with van der Waals surface area (Å²) in [5.74, 6) is 0.810. The number of allylic oxidation sites excluding steroid dienone is 1. The average molecular weight is 283 g/mol. The first-order chi connectivity index (χ1) is 7.33. The number of nitrogens with one attached hydrogen (secondary N) is 2. The predicted octanol–water partition coefficient (Wildman–Crippen LogP) is 2.30. The molecule has 2 N–H and O–H groups in total. The lowest BCUT2D eigenvalue weighted by Crippen LogP contribution is -2.38. The molecule has 1 aliphatic heterocycles. The Bertz CT molecular complexity index is 207. The topological polar surface area (TPSA) is 41.1 Å². The van der Waals surface area contributed by atoms with Crippen LogP contribution in [0.1, 0.15) is 32.1 Å². The molecule has 5 heteroatoms. The van der Waals surface area contributed by atoms with Crippen LogP contribution in [-0.2, 0) is 4.79 Å². The van der Waals surface area contributed by atoms with Gasteiger partial charge in [0.2, 0.25) is 5.91 Å². The minimum atomic E-state index is 0. The summed E-state index contributed by atoms with van der Waals surface area (Å²) in [6, 6.07) is 0. The van der Waals surface area contributed by atoms with Crippen LogP contribution in [0.5, 0.6) is 0 Å². The summed E-state index contributed by atoms with van der Waals surface area (Å²) in [6.45, 7) is 6.65.